The van der Waals surface area contributed by atoms with Gasteiger partial charge >= 0.3 is 0 Å². The van der Waals surface area contributed by atoms with Crippen LogP contribution in [-0.4, -0.2) is 28.5 Å². The third kappa shape index (κ3) is 2.72. The number of carbonyl (C=O) groups excluding carboxylic acids is 1. The van der Waals surface area contributed by atoms with E-state index in [1.807, 2.05) is 44.0 Å². The highest BCUT2D eigenvalue weighted by Crippen LogP contribution is 2.28. The van der Waals surface area contributed by atoms with Crippen LogP contribution in [0.15, 0.2) is 18.3 Å². The fourth-order valence-electron chi connectivity index (χ4n) is 2.49. The first kappa shape index (κ1) is 13.5. The van der Waals surface area contributed by atoms with Gasteiger partial charge in [-0.05, 0) is 25.0 Å². The maximum Gasteiger partial charge on any atom is 0.227 e. The van der Waals surface area contributed by atoms with Crippen molar-refractivity contribution < 1.29 is 4.79 Å². The number of carbonyl (C=O) groups is 1. The summed E-state index contributed by atoms with van der Waals surface area (Å²) in [5.41, 5.74) is -0.280. The summed E-state index contributed by atoms with van der Waals surface area (Å²) in [4.78, 5) is 14.2. The van der Waals surface area contributed by atoms with Gasteiger partial charge in [0.05, 0.1) is 0 Å². The third-order valence-electron chi connectivity index (χ3n) is 3.51. The summed E-state index contributed by atoms with van der Waals surface area (Å²) in [5.74, 6) is 0.250. The molecule has 0 atom stereocenters. The molecule has 1 aromatic heterocycles. The Morgan fingerprint density at radius 3 is 2.39 bits per heavy atom. The first-order valence-corrected chi connectivity index (χ1v) is 6.89. The zero-order valence-corrected chi connectivity index (χ0v) is 12.1. The van der Waals surface area contributed by atoms with Crippen molar-refractivity contribution in [3.05, 3.63) is 23.5 Å². The molecule has 0 aromatic carbocycles. The second-order valence-electron chi connectivity index (χ2n) is 6.01. The first-order valence-electron chi connectivity index (χ1n) is 6.51. The molecule has 2 heterocycles. The molecule has 2 rings (SSSR count). The molecule has 0 aliphatic carbocycles. The second-order valence-corrected chi connectivity index (χ2v) is 6.40. The van der Waals surface area contributed by atoms with E-state index in [-0.39, 0.29) is 11.3 Å². The van der Waals surface area contributed by atoms with Crippen LogP contribution in [0.3, 0.4) is 0 Å². The van der Waals surface area contributed by atoms with E-state index in [4.69, 9.17) is 11.6 Å². The molecule has 3 nitrogen and oxygen atoms in total. The molecule has 0 bridgehead atoms. The average molecular weight is 269 g/mol. The Morgan fingerprint density at radius 2 is 1.94 bits per heavy atom. The highest BCUT2D eigenvalue weighted by atomic mass is 35.5. The van der Waals surface area contributed by atoms with E-state index < -0.39 is 0 Å². The average Bonchev–Trinajstić information content (AvgIpc) is 2.73. The molecule has 1 saturated heterocycles. The number of piperidine rings is 1. The number of rotatable bonds is 1. The Balaban J connectivity index is 1.97. The molecular formula is C14H21ClN2O. The predicted molar refractivity (Wildman–Crippen MR) is 73.7 cm³/mol. The lowest BCUT2D eigenvalue weighted by Crippen LogP contribution is -2.44. The summed E-state index contributed by atoms with van der Waals surface area (Å²) in [6.07, 6.45) is 3.99. The summed E-state index contributed by atoms with van der Waals surface area (Å²) in [6.45, 7) is 7.59. The van der Waals surface area contributed by atoms with Crippen molar-refractivity contribution in [1.82, 2.24) is 9.47 Å². The van der Waals surface area contributed by atoms with Crippen molar-refractivity contribution in [1.29, 1.82) is 0 Å². The Bertz CT molecular complexity index is 425. The van der Waals surface area contributed by atoms with E-state index in [1.165, 1.54) is 0 Å². The van der Waals surface area contributed by atoms with Crippen molar-refractivity contribution in [3.8, 4) is 0 Å². The Hall–Kier alpha value is -0.960. The van der Waals surface area contributed by atoms with Crippen LogP contribution in [0.25, 0.3) is 0 Å². The molecule has 1 aliphatic heterocycles. The Kier molecular flexibility index (Phi) is 3.71. The number of hydrogen-bond donors (Lipinski definition) is 0. The monoisotopic (exact) mass is 268 g/mol. The van der Waals surface area contributed by atoms with Crippen molar-refractivity contribution in [2.45, 2.75) is 39.7 Å². The van der Waals surface area contributed by atoms with Gasteiger partial charge in [0.15, 0.2) is 0 Å². The van der Waals surface area contributed by atoms with E-state index in [9.17, 15) is 4.79 Å². The molecule has 0 unspecified atom stereocenters. The van der Waals surface area contributed by atoms with Crippen molar-refractivity contribution in [2.24, 2.45) is 5.41 Å². The SMILES string of the molecule is CC(C)(C)C(=O)N1CCC(n2cccc2Cl)CC1. The number of aromatic nitrogens is 1. The predicted octanol–water partition coefficient (Wildman–Crippen LogP) is 3.35. The Morgan fingerprint density at radius 1 is 1.33 bits per heavy atom. The van der Waals surface area contributed by atoms with Crippen molar-refractivity contribution >= 4 is 17.5 Å². The van der Waals surface area contributed by atoms with Crippen LogP contribution in [0.4, 0.5) is 0 Å². The van der Waals surface area contributed by atoms with Crippen LogP contribution in [0.5, 0.6) is 0 Å². The lowest BCUT2D eigenvalue weighted by Gasteiger charge is -2.36. The number of halogens is 1. The molecule has 1 aromatic rings. The normalized spacial score (nSPS) is 18.1. The molecule has 1 aliphatic rings. The minimum absolute atomic E-state index is 0.250. The molecule has 100 valence electrons. The molecule has 4 heteroatoms. The van der Waals surface area contributed by atoms with Gasteiger partial charge in [0.1, 0.15) is 5.15 Å². The molecular weight excluding hydrogens is 248 g/mol. The van der Waals surface area contributed by atoms with Crippen LogP contribution in [-0.2, 0) is 4.79 Å². The highest BCUT2D eigenvalue weighted by Gasteiger charge is 2.30. The van der Waals surface area contributed by atoms with Crippen LogP contribution in [0.2, 0.25) is 5.15 Å². The maximum atomic E-state index is 12.2. The van der Waals surface area contributed by atoms with Gasteiger partial charge < -0.3 is 9.47 Å². The van der Waals surface area contributed by atoms with Crippen LogP contribution >= 0.6 is 11.6 Å². The van der Waals surface area contributed by atoms with E-state index in [2.05, 4.69) is 4.57 Å². The van der Waals surface area contributed by atoms with Gasteiger partial charge in [0.25, 0.3) is 0 Å². The standard InChI is InChI=1S/C14H21ClN2O/c1-14(2,3)13(18)16-9-6-11(7-10-16)17-8-4-5-12(17)15/h4-5,8,11H,6-7,9-10H2,1-3H3. The van der Waals surface area contributed by atoms with Gasteiger partial charge in [-0.15, -0.1) is 0 Å². The van der Waals surface area contributed by atoms with E-state index in [0.717, 1.165) is 31.1 Å². The highest BCUT2D eigenvalue weighted by molar-refractivity contribution is 6.29. The molecule has 0 N–H and O–H groups in total. The second kappa shape index (κ2) is 4.96. The van der Waals surface area contributed by atoms with E-state index in [1.54, 1.807) is 0 Å². The summed E-state index contributed by atoms with van der Waals surface area (Å²) in [5, 5.41) is 0.788. The van der Waals surface area contributed by atoms with Gasteiger partial charge in [-0.3, -0.25) is 4.79 Å². The largest absolute Gasteiger partial charge is 0.342 e. The zero-order chi connectivity index (χ0) is 13.3. The molecule has 18 heavy (non-hydrogen) atoms. The van der Waals surface area contributed by atoms with Gasteiger partial charge in [-0.1, -0.05) is 32.4 Å². The number of nitrogens with zero attached hydrogens (tertiary/aromatic N) is 2. The van der Waals surface area contributed by atoms with Gasteiger partial charge in [-0.2, -0.15) is 0 Å². The van der Waals surface area contributed by atoms with Crippen molar-refractivity contribution in [2.75, 3.05) is 13.1 Å². The fourth-order valence-corrected chi connectivity index (χ4v) is 2.76. The number of amides is 1. The third-order valence-corrected chi connectivity index (χ3v) is 3.83. The van der Waals surface area contributed by atoms with Crippen LogP contribution < -0.4 is 0 Å². The van der Waals surface area contributed by atoms with Gasteiger partial charge in [0, 0.05) is 30.7 Å². The summed E-state index contributed by atoms with van der Waals surface area (Å²) >= 11 is 6.13. The molecule has 0 radical (unpaired) electrons. The topological polar surface area (TPSA) is 25.2 Å². The lowest BCUT2D eigenvalue weighted by molar-refractivity contribution is -0.140. The molecule has 0 saturated carbocycles. The van der Waals surface area contributed by atoms with Gasteiger partial charge in [-0.25, -0.2) is 0 Å². The smallest absolute Gasteiger partial charge is 0.227 e. The van der Waals surface area contributed by atoms with Crippen molar-refractivity contribution in [3.63, 3.8) is 0 Å². The maximum absolute atomic E-state index is 12.2. The van der Waals surface area contributed by atoms with Crippen LogP contribution in [0, 0.1) is 5.41 Å². The number of likely N-dealkylation sites (tertiary alicyclic amines) is 1. The zero-order valence-electron chi connectivity index (χ0n) is 11.3. The lowest BCUT2D eigenvalue weighted by atomic mass is 9.93. The fraction of sp³-hybridized carbons (Fsp3) is 0.643. The summed E-state index contributed by atoms with van der Waals surface area (Å²) in [6, 6.07) is 4.31. The first-order chi connectivity index (χ1) is 8.39. The Labute approximate surface area is 114 Å². The molecule has 1 amide bonds. The minimum atomic E-state index is -0.280. The van der Waals surface area contributed by atoms with E-state index in [0.29, 0.717) is 6.04 Å². The number of hydrogen-bond acceptors (Lipinski definition) is 1. The summed E-state index contributed by atoms with van der Waals surface area (Å²) < 4.78 is 2.11. The molecule has 1 fully saturated rings. The minimum Gasteiger partial charge on any atom is -0.342 e. The summed E-state index contributed by atoms with van der Waals surface area (Å²) in [7, 11) is 0. The quantitative estimate of drug-likeness (QED) is 0.767. The molecule has 0 spiro atoms. The van der Waals surface area contributed by atoms with Crippen LogP contribution in [0.1, 0.15) is 39.7 Å². The van der Waals surface area contributed by atoms with E-state index >= 15 is 0 Å². The van der Waals surface area contributed by atoms with Gasteiger partial charge in [0.2, 0.25) is 5.91 Å².